The molecule has 11 heteroatoms. The van der Waals surface area contributed by atoms with Crippen LogP contribution in [0.5, 0.6) is 5.75 Å². The smallest absolute Gasteiger partial charge is 0.338 e. The van der Waals surface area contributed by atoms with Gasteiger partial charge in [-0.25, -0.2) is 14.8 Å². The summed E-state index contributed by atoms with van der Waals surface area (Å²) in [6.45, 7) is -0.0510. The number of aliphatic imine (C=N–C) groups is 1. The van der Waals surface area contributed by atoms with Crippen molar-refractivity contribution in [3.05, 3.63) is 51.6 Å². The van der Waals surface area contributed by atoms with Crippen molar-refractivity contribution in [3.63, 3.8) is 0 Å². The monoisotopic (exact) mass is 502 g/mol. The van der Waals surface area contributed by atoms with Gasteiger partial charge in [0.25, 0.3) is 0 Å². The molecular weight excluding hydrogens is 484 g/mol. The number of aromatic amines is 1. The molecule has 0 aliphatic rings. The highest BCUT2D eigenvalue weighted by Gasteiger charge is 2.26. The van der Waals surface area contributed by atoms with E-state index in [0.29, 0.717) is 37.5 Å². The van der Waals surface area contributed by atoms with E-state index in [1.807, 2.05) is 24.3 Å². The molecule has 9 nitrogen and oxygen atoms in total. The molecule has 0 bridgehead atoms. The molecule has 0 aliphatic carbocycles. The Kier molecular flexibility index (Phi) is 5.54. The largest absolute Gasteiger partial charge is 0.506 e. The van der Waals surface area contributed by atoms with Crippen LogP contribution >= 0.6 is 27.7 Å². The van der Waals surface area contributed by atoms with Gasteiger partial charge in [0.2, 0.25) is 0 Å². The van der Waals surface area contributed by atoms with Crippen molar-refractivity contribution in [1.82, 2.24) is 14.5 Å². The number of nitrogens with one attached hydrogen (secondary N) is 1. The third-order valence-corrected chi connectivity index (χ3v) is 6.47. The zero-order valence-electron chi connectivity index (χ0n) is 16.4. The van der Waals surface area contributed by atoms with E-state index in [1.165, 1.54) is 11.8 Å². The van der Waals surface area contributed by atoms with Gasteiger partial charge in [0.15, 0.2) is 11.1 Å². The number of nitrogens with zero attached hydrogens (tertiary/aromatic N) is 3. The summed E-state index contributed by atoms with van der Waals surface area (Å²) in [5.41, 5.74) is 14.3. The molecule has 0 aliphatic heterocycles. The van der Waals surface area contributed by atoms with Crippen LogP contribution in [0.1, 0.15) is 21.6 Å². The molecule has 0 fully saturated rings. The van der Waals surface area contributed by atoms with Crippen molar-refractivity contribution in [2.45, 2.75) is 17.5 Å². The lowest BCUT2D eigenvalue weighted by Crippen LogP contribution is -2.22. The second kappa shape index (κ2) is 8.16. The van der Waals surface area contributed by atoms with Gasteiger partial charge in [-0.05, 0) is 34.1 Å². The standard InChI is InChI=1S/C20H19BrN6O3S/c1-27-13-6-10(21)17(28)9(7-24-19(22)23)15(13)16(18(29)30)14(27)8-31-20-25-11-4-2-3-5-12(11)26-20/h2-6,28H,7-8H2,1H3,(H,25,26)(H,29,30)(H4,22,23,24). The van der Waals surface area contributed by atoms with Crippen LogP contribution in [0.4, 0.5) is 0 Å². The molecule has 0 saturated heterocycles. The first-order valence-corrected chi connectivity index (χ1v) is 10.9. The molecule has 4 rings (SSSR count). The Hall–Kier alpha value is -3.18. The van der Waals surface area contributed by atoms with Gasteiger partial charge in [-0.3, -0.25) is 0 Å². The molecular formula is C20H19BrN6O3S. The molecule has 0 amide bonds. The van der Waals surface area contributed by atoms with Crippen molar-refractivity contribution >= 4 is 61.6 Å². The lowest BCUT2D eigenvalue weighted by molar-refractivity contribution is 0.0698. The molecule has 0 unspecified atom stereocenters. The number of phenols is 1. The molecule has 2 aromatic heterocycles. The van der Waals surface area contributed by atoms with Crippen LogP contribution in [0.25, 0.3) is 21.9 Å². The first-order chi connectivity index (χ1) is 14.8. The molecule has 0 spiro atoms. The van der Waals surface area contributed by atoms with Gasteiger partial charge in [-0.15, -0.1) is 0 Å². The maximum absolute atomic E-state index is 12.3. The number of aromatic nitrogens is 3. The highest BCUT2D eigenvalue weighted by atomic mass is 79.9. The zero-order valence-corrected chi connectivity index (χ0v) is 18.8. The summed E-state index contributed by atoms with van der Waals surface area (Å²) in [6.07, 6.45) is 0. The molecule has 4 aromatic rings. The van der Waals surface area contributed by atoms with E-state index >= 15 is 0 Å². The Morgan fingerprint density at radius 1 is 1.35 bits per heavy atom. The van der Waals surface area contributed by atoms with E-state index in [2.05, 4.69) is 30.9 Å². The Morgan fingerprint density at radius 3 is 2.77 bits per heavy atom. The van der Waals surface area contributed by atoms with Gasteiger partial charge < -0.3 is 31.2 Å². The highest BCUT2D eigenvalue weighted by Crippen LogP contribution is 2.40. The van der Waals surface area contributed by atoms with Gasteiger partial charge in [0.1, 0.15) is 5.75 Å². The number of aromatic carboxylic acids is 1. The number of aryl methyl sites for hydroxylation is 1. The number of para-hydroxylation sites is 2. The first kappa shape index (κ1) is 21.1. The lowest BCUT2D eigenvalue weighted by Gasteiger charge is -2.08. The summed E-state index contributed by atoms with van der Waals surface area (Å²) >= 11 is 4.73. The van der Waals surface area contributed by atoms with Gasteiger partial charge >= 0.3 is 5.97 Å². The number of carbonyl (C=O) groups is 1. The average molecular weight is 503 g/mol. The number of phenolic OH excluding ortho intramolecular Hbond substituents is 1. The number of H-pyrrole nitrogens is 1. The number of thioether (sulfide) groups is 1. The zero-order chi connectivity index (χ0) is 22.3. The van der Waals surface area contributed by atoms with Crippen molar-refractivity contribution in [2.75, 3.05) is 0 Å². The minimum Gasteiger partial charge on any atom is -0.506 e. The predicted molar refractivity (Wildman–Crippen MR) is 124 cm³/mol. The number of nitrogens with two attached hydrogens (primary N) is 2. The molecule has 2 aromatic carbocycles. The molecule has 0 radical (unpaired) electrons. The SMILES string of the molecule is Cn1c(CSc2nc3ccccc3[nH]2)c(C(=O)O)c2c(CN=C(N)N)c(O)c(Br)cc21. The quantitative estimate of drug-likeness (QED) is 0.154. The number of fused-ring (bicyclic) bond motifs is 2. The number of rotatable bonds is 6. The Labute approximate surface area is 189 Å². The maximum atomic E-state index is 12.3. The van der Waals surface area contributed by atoms with Crippen molar-refractivity contribution in [2.24, 2.45) is 23.5 Å². The Morgan fingerprint density at radius 2 is 2.10 bits per heavy atom. The second-order valence-corrected chi connectivity index (χ2v) is 8.67. The van der Waals surface area contributed by atoms with E-state index in [1.54, 1.807) is 17.7 Å². The number of carboxylic acids is 1. The average Bonchev–Trinajstić information content (AvgIpc) is 3.25. The van der Waals surface area contributed by atoms with E-state index in [-0.39, 0.29) is 23.8 Å². The molecule has 7 N–H and O–H groups in total. The van der Waals surface area contributed by atoms with Gasteiger partial charge in [0.05, 0.1) is 33.1 Å². The number of carboxylic acid groups (broad SMARTS) is 1. The highest BCUT2D eigenvalue weighted by molar-refractivity contribution is 9.10. The van der Waals surface area contributed by atoms with E-state index in [9.17, 15) is 15.0 Å². The fourth-order valence-corrected chi connectivity index (χ4v) is 4.95. The third-order valence-electron chi connectivity index (χ3n) is 4.99. The number of imidazole rings is 1. The van der Waals surface area contributed by atoms with E-state index in [0.717, 1.165) is 11.0 Å². The fraction of sp³-hybridized carbons (Fsp3) is 0.150. The Bertz CT molecular complexity index is 1320. The van der Waals surface area contributed by atoms with Crippen molar-refractivity contribution < 1.29 is 15.0 Å². The summed E-state index contributed by atoms with van der Waals surface area (Å²) in [4.78, 5) is 24.0. The number of halogens is 1. The van der Waals surface area contributed by atoms with Crippen molar-refractivity contribution in [3.8, 4) is 5.75 Å². The minimum atomic E-state index is -1.10. The number of aromatic hydroxyl groups is 1. The molecule has 31 heavy (non-hydrogen) atoms. The topological polar surface area (TPSA) is 156 Å². The lowest BCUT2D eigenvalue weighted by atomic mass is 10.0. The predicted octanol–water partition coefficient (Wildman–Crippen LogP) is 3.29. The van der Waals surface area contributed by atoms with Crippen LogP contribution in [-0.4, -0.2) is 36.7 Å². The van der Waals surface area contributed by atoms with Crippen LogP contribution in [0, 0.1) is 0 Å². The first-order valence-electron chi connectivity index (χ1n) is 9.15. The van der Waals surface area contributed by atoms with Crippen LogP contribution in [-0.2, 0) is 19.3 Å². The Balaban J connectivity index is 1.83. The summed E-state index contributed by atoms with van der Waals surface area (Å²) in [7, 11) is 1.79. The summed E-state index contributed by atoms with van der Waals surface area (Å²) < 4.78 is 2.23. The number of hydrogen-bond acceptors (Lipinski definition) is 5. The fourth-order valence-electron chi connectivity index (χ4n) is 3.54. The van der Waals surface area contributed by atoms with E-state index in [4.69, 9.17) is 11.5 Å². The van der Waals surface area contributed by atoms with Gasteiger partial charge in [-0.1, -0.05) is 23.9 Å². The summed E-state index contributed by atoms with van der Waals surface area (Å²) in [5.74, 6) is -0.992. The van der Waals surface area contributed by atoms with Crippen molar-refractivity contribution in [1.29, 1.82) is 0 Å². The molecule has 0 atom stereocenters. The second-order valence-electron chi connectivity index (χ2n) is 6.85. The van der Waals surface area contributed by atoms with Crippen LogP contribution in [0.3, 0.4) is 0 Å². The number of benzene rings is 2. The van der Waals surface area contributed by atoms with Gasteiger partial charge in [-0.2, -0.15) is 0 Å². The van der Waals surface area contributed by atoms with Crippen LogP contribution in [0.15, 0.2) is 45.0 Å². The minimum absolute atomic E-state index is 0.0510. The molecule has 2 heterocycles. The van der Waals surface area contributed by atoms with Crippen LogP contribution in [0.2, 0.25) is 0 Å². The summed E-state index contributed by atoms with van der Waals surface area (Å²) in [5, 5.41) is 21.7. The van der Waals surface area contributed by atoms with Gasteiger partial charge in [0, 0.05) is 29.4 Å². The number of guanidine groups is 1. The molecule has 0 saturated carbocycles. The normalized spacial score (nSPS) is 11.3. The number of hydrogen-bond donors (Lipinski definition) is 5. The summed E-state index contributed by atoms with van der Waals surface area (Å²) in [6, 6.07) is 9.36. The van der Waals surface area contributed by atoms with E-state index < -0.39 is 5.97 Å². The third kappa shape index (κ3) is 3.81. The van der Waals surface area contributed by atoms with Crippen LogP contribution < -0.4 is 11.5 Å². The molecule has 160 valence electrons. The maximum Gasteiger partial charge on any atom is 0.338 e.